The fourth-order valence-corrected chi connectivity index (χ4v) is 4.07. The van der Waals surface area contributed by atoms with Crippen LogP contribution in [-0.4, -0.2) is 33.9 Å². The van der Waals surface area contributed by atoms with Crippen molar-refractivity contribution < 1.29 is 22.6 Å². The maximum absolute atomic E-state index is 12.4. The van der Waals surface area contributed by atoms with Crippen molar-refractivity contribution in [2.24, 2.45) is 0 Å². The Morgan fingerprint density at radius 2 is 1.97 bits per heavy atom. The third-order valence-corrected chi connectivity index (χ3v) is 6.82. The Kier molecular flexibility index (Phi) is 6.47. The smallest absolute Gasteiger partial charge is 0.269 e. The number of rotatable bonds is 7. The summed E-state index contributed by atoms with van der Waals surface area (Å²) in [6, 6.07) is 10.6. The minimum atomic E-state index is -3.69. The molecule has 13 heteroatoms. The number of nitro groups is 1. The van der Waals surface area contributed by atoms with Crippen molar-refractivity contribution in [3.05, 3.63) is 57.8 Å². The van der Waals surface area contributed by atoms with Gasteiger partial charge in [0.15, 0.2) is 0 Å². The number of furan rings is 1. The molecule has 1 N–H and O–H groups in total. The van der Waals surface area contributed by atoms with Gasteiger partial charge in [0.05, 0.1) is 10.2 Å². The zero-order valence-corrected chi connectivity index (χ0v) is 18.3. The summed E-state index contributed by atoms with van der Waals surface area (Å²) in [7, 11) is -3.69. The third-order valence-electron chi connectivity index (χ3n) is 4.14. The number of non-ortho nitro benzene ring substituents is 1. The van der Waals surface area contributed by atoms with E-state index >= 15 is 0 Å². The molecule has 0 aliphatic carbocycles. The molecule has 1 aromatic carbocycles. The number of sulfone groups is 1. The first kappa shape index (κ1) is 22.8. The summed E-state index contributed by atoms with van der Waals surface area (Å²) in [6.45, 7) is 2.97. The van der Waals surface area contributed by atoms with Crippen molar-refractivity contribution in [1.29, 1.82) is 5.26 Å². The van der Waals surface area contributed by atoms with Crippen molar-refractivity contribution in [2.75, 3.05) is 5.32 Å². The van der Waals surface area contributed by atoms with Crippen molar-refractivity contribution in [2.45, 2.75) is 24.3 Å². The number of nitro benzene ring substituents is 1. The highest BCUT2D eigenvalue weighted by molar-refractivity contribution is 7.91. The number of aromatic nitrogens is 2. The summed E-state index contributed by atoms with van der Waals surface area (Å²) in [5, 5.41) is 21.2. The molecule has 0 fully saturated rings. The van der Waals surface area contributed by atoms with Crippen LogP contribution >= 0.6 is 11.5 Å². The van der Waals surface area contributed by atoms with Crippen LogP contribution in [0.3, 0.4) is 0 Å². The molecular formula is C19H15N5O6S2. The van der Waals surface area contributed by atoms with E-state index in [9.17, 15) is 28.6 Å². The molecule has 3 aromatic rings. The highest BCUT2D eigenvalue weighted by Gasteiger charge is 2.25. The molecule has 0 saturated heterocycles. The van der Waals surface area contributed by atoms with E-state index in [1.807, 2.05) is 0 Å². The molecule has 0 spiro atoms. The van der Waals surface area contributed by atoms with Gasteiger partial charge in [-0.1, -0.05) is 0 Å². The van der Waals surface area contributed by atoms with E-state index in [-0.39, 0.29) is 22.2 Å². The number of carbonyl (C=O) groups is 1. The number of nitrogens with zero attached hydrogens (tertiary/aromatic N) is 4. The number of anilines is 1. The molecule has 11 nitrogen and oxygen atoms in total. The Morgan fingerprint density at radius 3 is 2.56 bits per heavy atom. The molecule has 0 atom stereocenters. The molecule has 0 saturated carbocycles. The van der Waals surface area contributed by atoms with Gasteiger partial charge in [0, 0.05) is 35.3 Å². The monoisotopic (exact) mass is 473 g/mol. The first-order valence-electron chi connectivity index (χ1n) is 8.97. The van der Waals surface area contributed by atoms with Gasteiger partial charge in [0.1, 0.15) is 23.2 Å². The van der Waals surface area contributed by atoms with E-state index in [1.165, 1.54) is 50.3 Å². The molecule has 32 heavy (non-hydrogen) atoms. The predicted molar refractivity (Wildman–Crippen MR) is 115 cm³/mol. The summed E-state index contributed by atoms with van der Waals surface area (Å²) >= 11 is 0.681. The van der Waals surface area contributed by atoms with E-state index in [2.05, 4.69) is 14.7 Å². The third kappa shape index (κ3) is 4.88. The van der Waals surface area contributed by atoms with Crippen molar-refractivity contribution in [3.8, 4) is 17.4 Å². The molecule has 0 aliphatic rings. The second kappa shape index (κ2) is 9.08. The van der Waals surface area contributed by atoms with Crippen LogP contribution in [0.1, 0.15) is 19.6 Å². The molecule has 2 heterocycles. The maximum atomic E-state index is 12.4. The first-order valence-corrected chi connectivity index (χ1v) is 11.3. The Bertz CT molecular complexity index is 1350. The lowest BCUT2D eigenvalue weighted by atomic mass is 10.1. The van der Waals surface area contributed by atoms with Gasteiger partial charge >= 0.3 is 0 Å². The normalized spacial score (nSPS) is 11.9. The summed E-state index contributed by atoms with van der Waals surface area (Å²) in [5.74, 6) is -0.229. The van der Waals surface area contributed by atoms with Crippen LogP contribution in [0.4, 0.5) is 10.8 Å². The van der Waals surface area contributed by atoms with Crippen molar-refractivity contribution in [3.63, 3.8) is 0 Å². The summed E-state index contributed by atoms with van der Waals surface area (Å²) in [5.41, 5.74) is 0.203. The Morgan fingerprint density at radius 1 is 1.28 bits per heavy atom. The Hall–Kier alpha value is -3.89. The predicted octanol–water partition coefficient (Wildman–Crippen LogP) is 3.43. The second-order valence-electron chi connectivity index (χ2n) is 6.61. The standard InChI is InChI=1S/C19H15N5O6S2/c1-11(2)32(28,29)19-22-18(31-23-19)21-17(25)13(10-20)9-15-7-8-16(30-15)12-3-5-14(6-4-12)24(26)27/h3-9,11H,1-2H3,(H,21,22,23,25)/b13-9-. The van der Waals surface area contributed by atoms with Crippen molar-refractivity contribution in [1.82, 2.24) is 9.36 Å². The number of hydrogen-bond acceptors (Lipinski definition) is 10. The van der Waals surface area contributed by atoms with Gasteiger partial charge in [-0.05, 0) is 38.1 Å². The van der Waals surface area contributed by atoms with Gasteiger partial charge in [-0.3, -0.25) is 20.2 Å². The lowest BCUT2D eigenvalue weighted by Crippen LogP contribution is -2.16. The molecule has 0 bridgehead atoms. The number of carbonyl (C=O) groups excluding carboxylic acids is 1. The largest absolute Gasteiger partial charge is 0.457 e. The highest BCUT2D eigenvalue weighted by atomic mass is 32.2. The zero-order valence-electron chi connectivity index (χ0n) is 16.7. The fourth-order valence-electron chi connectivity index (χ4n) is 2.38. The topological polar surface area (TPSA) is 169 Å². The molecule has 2 aromatic heterocycles. The van der Waals surface area contributed by atoms with Gasteiger partial charge in [0.25, 0.3) is 16.8 Å². The number of benzene rings is 1. The van der Waals surface area contributed by atoms with Gasteiger partial charge in [0.2, 0.25) is 15.0 Å². The average molecular weight is 473 g/mol. The van der Waals surface area contributed by atoms with Crippen LogP contribution in [0.2, 0.25) is 0 Å². The van der Waals surface area contributed by atoms with Gasteiger partial charge in [-0.2, -0.15) is 14.6 Å². The zero-order chi connectivity index (χ0) is 23.5. The van der Waals surface area contributed by atoms with Crippen LogP contribution in [0.15, 0.2) is 51.5 Å². The fraction of sp³-hybridized carbons (Fsp3) is 0.158. The molecular weight excluding hydrogens is 458 g/mol. The van der Waals surface area contributed by atoms with E-state index in [0.717, 1.165) is 0 Å². The summed E-state index contributed by atoms with van der Waals surface area (Å²) in [6.07, 6.45) is 1.21. The van der Waals surface area contributed by atoms with Crippen LogP contribution in [0, 0.1) is 21.4 Å². The summed E-state index contributed by atoms with van der Waals surface area (Å²) in [4.78, 5) is 26.4. The van der Waals surface area contributed by atoms with Crippen molar-refractivity contribution >= 4 is 44.2 Å². The minimum Gasteiger partial charge on any atom is -0.457 e. The molecule has 0 aliphatic heterocycles. The van der Waals surface area contributed by atoms with Crippen LogP contribution in [0.25, 0.3) is 17.4 Å². The number of nitrogens with one attached hydrogen (secondary N) is 1. The molecule has 0 unspecified atom stereocenters. The molecule has 3 rings (SSSR count). The molecule has 0 radical (unpaired) electrons. The minimum absolute atomic E-state index is 0.0649. The number of nitriles is 1. The Labute approximate surface area is 186 Å². The van der Waals surface area contributed by atoms with Crippen LogP contribution in [-0.2, 0) is 14.6 Å². The van der Waals surface area contributed by atoms with Gasteiger partial charge in [-0.15, -0.1) is 0 Å². The summed E-state index contributed by atoms with van der Waals surface area (Å²) < 4.78 is 33.5. The van der Waals surface area contributed by atoms with Gasteiger partial charge in [-0.25, -0.2) is 8.42 Å². The lowest BCUT2D eigenvalue weighted by molar-refractivity contribution is -0.384. The van der Waals surface area contributed by atoms with Gasteiger partial charge < -0.3 is 4.42 Å². The SMILES string of the molecule is CC(C)S(=O)(=O)c1nsc(NC(=O)/C(C#N)=C\c2ccc(-c3ccc([N+](=O)[O-])cc3)o2)n1. The average Bonchev–Trinajstić information content (AvgIpc) is 3.42. The quantitative estimate of drug-likeness (QED) is 0.234. The van der Waals surface area contributed by atoms with Crippen LogP contribution < -0.4 is 5.32 Å². The highest BCUT2D eigenvalue weighted by Crippen LogP contribution is 2.26. The number of hydrogen-bond donors (Lipinski definition) is 1. The lowest BCUT2D eigenvalue weighted by Gasteiger charge is -2.02. The van der Waals surface area contributed by atoms with E-state index < -0.39 is 31.1 Å². The second-order valence-corrected chi connectivity index (χ2v) is 9.76. The maximum Gasteiger partial charge on any atom is 0.269 e. The van der Waals surface area contributed by atoms with Crippen LogP contribution in [0.5, 0.6) is 0 Å². The Balaban J connectivity index is 1.77. The number of amides is 1. The first-order chi connectivity index (χ1) is 15.1. The van der Waals surface area contributed by atoms with E-state index in [4.69, 9.17) is 4.42 Å². The molecule has 1 amide bonds. The van der Waals surface area contributed by atoms with E-state index in [0.29, 0.717) is 22.9 Å². The molecule has 164 valence electrons. The van der Waals surface area contributed by atoms with E-state index in [1.54, 1.807) is 12.1 Å².